The number of benzene rings is 1. The molecule has 1 saturated heterocycles. The Morgan fingerprint density at radius 2 is 2.04 bits per heavy atom. The molecule has 0 amide bonds. The summed E-state index contributed by atoms with van der Waals surface area (Å²) < 4.78 is 6.69. The molecule has 0 bridgehead atoms. The van der Waals surface area contributed by atoms with E-state index in [1.807, 2.05) is 13.0 Å². The van der Waals surface area contributed by atoms with Crippen molar-refractivity contribution in [3.63, 3.8) is 0 Å². The van der Waals surface area contributed by atoms with E-state index < -0.39 is 8.32 Å². The van der Waals surface area contributed by atoms with Crippen molar-refractivity contribution < 1.29 is 4.43 Å². The van der Waals surface area contributed by atoms with Crippen LogP contribution in [-0.2, 0) is 4.43 Å². The molecule has 6 heteroatoms. The zero-order valence-corrected chi connectivity index (χ0v) is 18.8. The maximum Gasteiger partial charge on any atom is 0.192 e. The van der Waals surface area contributed by atoms with Crippen LogP contribution in [0.25, 0.3) is 0 Å². The molecular formula is C20H32ClN3OSi. The van der Waals surface area contributed by atoms with Crippen LogP contribution in [0.1, 0.15) is 45.2 Å². The van der Waals surface area contributed by atoms with Gasteiger partial charge in [-0.1, -0.05) is 32.4 Å². The number of nitriles is 1. The van der Waals surface area contributed by atoms with Crippen molar-refractivity contribution in [3.05, 3.63) is 28.3 Å². The van der Waals surface area contributed by atoms with E-state index in [1.54, 1.807) is 6.07 Å². The number of halogens is 1. The lowest BCUT2D eigenvalue weighted by molar-refractivity contribution is 0.159. The highest BCUT2D eigenvalue weighted by Crippen LogP contribution is 2.39. The van der Waals surface area contributed by atoms with Gasteiger partial charge >= 0.3 is 0 Å². The van der Waals surface area contributed by atoms with Gasteiger partial charge in [0.25, 0.3) is 0 Å². The second-order valence-electron chi connectivity index (χ2n) is 8.83. The first kappa shape index (κ1) is 21.2. The van der Waals surface area contributed by atoms with E-state index in [9.17, 15) is 0 Å². The van der Waals surface area contributed by atoms with Gasteiger partial charge in [-0.25, -0.2) is 0 Å². The van der Waals surface area contributed by atoms with Crippen molar-refractivity contribution in [1.82, 2.24) is 5.32 Å². The quantitative estimate of drug-likeness (QED) is 0.685. The van der Waals surface area contributed by atoms with Gasteiger partial charge in [-0.15, -0.1) is 0 Å². The molecule has 3 atom stereocenters. The van der Waals surface area contributed by atoms with Gasteiger partial charge in [-0.2, -0.15) is 5.26 Å². The van der Waals surface area contributed by atoms with Crippen LogP contribution in [0.2, 0.25) is 23.2 Å². The Bertz CT molecular complexity index is 694. The number of anilines is 1. The third-order valence-electron chi connectivity index (χ3n) is 5.89. The Morgan fingerprint density at radius 3 is 2.62 bits per heavy atom. The largest absolute Gasteiger partial charge is 0.412 e. The van der Waals surface area contributed by atoms with E-state index in [2.05, 4.69) is 57.5 Å². The molecule has 2 N–H and O–H groups in total. The van der Waals surface area contributed by atoms with Gasteiger partial charge in [0.2, 0.25) is 0 Å². The summed E-state index contributed by atoms with van der Waals surface area (Å²) >= 11 is 6.31. The highest BCUT2D eigenvalue weighted by molar-refractivity contribution is 6.74. The summed E-state index contributed by atoms with van der Waals surface area (Å²) in [6.07, 6.45) is 1.25. The normalized spacial score (nSPS) is 22.1. The van der Waals surface area contributed by atoms with Crippen LogP contribution in [0.4, 0.5) is 5.69 Å². The SMILES string of the molecule is Cc1c(N[C@H](C)[C@H]2NCC[C@@H]2O[Si](C)(C)C(C)(C)C)ccc(C#N)c1Cl. The fourth-order valence-electron chi connectivity index (χ4n) is 3.15. The molecule has 1 aliphatic heterocycles. The van der Waals surface area contributed by atoms with Crippen molar-refractivity contribution in [2.75, 3.05) is 11.9 Å². The molecule has 0 aromatic heterocycles. The molecule has 0 saturated carbocycles. The zero-order chi connectivity index (χ0) is 19.7. The molecule has 0 aliphatic carbocycles. The minimum Gasteiger partial charge on any atom is -0.412 e. The number of hydrogen-bond acceptors (Lipinski definition) is 4. The first-order valence-corrected chi connectivity index (χ1v) is 12.6. The molecule has 0 unspecified atom stereocenters. The third-order valence-corrected chi connectivity index (χ3v) is 10.9. The Labute approximate surface area is 164 Å². The predicted octanol–water partition coefficient (Wildman–Crippen LogP) is 5.07. The lowest BCUT2D eigenvalue weighted by atomic mass is 10.0. The lowest BCUT2D eigenvalue weighted by Gasteiger charge is -2.40. The summed E-state index contributed by atoms with van der Waals surface area (Å²) in [7, 11) is -1.81. The summed E-state index contributed by atoms with van der Waals surface area (Å²) in [5.41, 5.74) is 2.40. The predicted molar refractivity (Wildman–Crippen MR) is 112 cm³/mol. The fraction of sp³-hybridized carbons (Fsp3) is 0.650. The Balaban J connectivity index is 2.13. The van der Waals surface area contributed by atoms with Crippen molar-refractivity contribution >= 4 is 25.6 Å². The van der Waals surface area contributed by atoms with Gasteiger partial charge in [-0.05, 0) is 62.6 Å². The molecule has 1 aliphatic rings. The number of rotatable bonds is 5. The Hall–Kier alpha value is -1.06. The average Bonchev–Trinajstić information content (AvgIpc) is 2.98. The second kappa shape index (κ2) is 7.90. The summed E-state index contributed by atoms with van der Waals surface area (Å²) in [4.78, 5) is 0. The monoisotopic (exact) mass is 393 g/mol. The smallest absolute Gasteiger partial charge is 0.192 e. The molecule has 1 heterocycles. The van der Waals surface area contributed by atoms with Gasteiger partial charge in [0.1, 0.15) is 6.07 Å². The minimum atomic E-state index is -1.81. The van der Waals surface area contributed by atoms with Crippen LogP contribution in [0.3, 0.4) is 0 Å². The summed E-state index contributed by atoms with van der Waals surface area (Å²) in [6.45, 7) is 16.6. The third kappa shape index (κ3) is 4.43. The van der Waals surface area contributed by atoms with E-state index in [1.165, 1.54) is 0 Å². The molecule has 0 radical (unpaired) electrons. The van der Waals surface area contributed by atoms with Gasteiger partial charge in [0.05, 0.1) is 22.7 Å². The number of hydrogen-bond donors (Lipinski definition) is 2. The minimum absolute atomic E-state index is 0.190. The van der Waals surface area contributed by atoms with Gasteiger partial charge in [-0.3, -0.25) is 0 Å². The summed E-state index contributed by atoms with van der Waals surface area (Å²) in [5, 5.41) is 17.0. The van der Waals surface area contributed by atoms with Crippen molar-refractivity contribution in [3.8, 4) is 6.07 Å². The van der Waals surface area contributed by atoms with Gasteiger partial charge in [0.15, 0.2) is 8.32 Å². The van der Waals surface area contributed by atoms with Crippen LogP contribution in [0.5, 0.6) is 0 Å². The molecule has 0 spiro atoms. The van der Waals surface area contributed by atoms with Crippen LogP contribution in [0, 0.1) is 18.3 Å². The number of nitrogens with zero attached hydrogens (tertiary/aromatic N) is 1. The van der Waals surface area contributed by atoms with Crippen molar-refractivity contribution in [2.45, 2.75) is 77.4 Å². The van der Waals surface area contributed by atoms with E-state index in [-0.39, 0.29) is 23.2 Å². The van der Waals surface area contributed by atoms with E-state index >= 15 is 0 Å². The molecule has 144 valence electrons. The van der Waals surface area contributed by atoms with E-state index in [4.69, 9.17) is 21.3 Å². The first-order valence-electron chi connectivity index (χ1n) is 9.35. The lowest BCUT2D eigenvalue weighted by Crippen LogP contribution is -2.51. The fourth-order valence-corrected chi connectivity index (χ4v) is 4.73. The van der Waals surface area contributed by atoms with Crippen LogP contribution < -0.4 is 10.6 Å². The Kier molecular flexibility index (Phi) is 6.45. The zero-order valence-electron chi connectivity index (χ0n) is 17.0. The van der Waals surface area contributed by atoms with E-state index in [0.29, 0.717) is 10.6 Å². The molecular weight excluding hydrogens is 362 g/mol. The first-order chi connectivity index (χ1) is 12.0. The van der Waals surface area contributed by atoms with Crippen molar-refractivity contribution in [1.29, 1.82) is 5.26 Å². The molecule has 1 fully saturated rings. The highest BCUT2D eigenvalue weighted by atomic mass is 35.5. The summed E-state index contributed by atoms with van der Waals surface area (Å²) in [6, 6.07) is 6.28. The average molecular weight is 394 g/mol. The van der Waals surface area contributed by atoms with Crippen LogP contribution in [-0.4, -0.2) is 33.0 Å². The van der Waals surface area contributed by atoms with Crippen LogP contribution >= 0.6 is 11.6 Å². The van der Waals surface area contributed by atoms with E-state index in [0.717, 1.165) is 24.2 Å². The Morgan fingerprint density at radius 1 is 1.38 bits per heavy atom. The maximum absolute atomic E-state index is 9.12. The second-order valence-corrected chi connectivity index (χ2v) is 14.0. The molecule has 2 rings (SSSR count). The van der Waals surface area contributed by atoms with Crippen LogP contribution in [0.15, 0.2) is 12.1 Å². The van der Waals surface area contributed by atoms with Crippen molar-refractivity contribution in [2.24, 2.45) is 0 Å². The molecule has 4 nitrogen and oxygen atoms in total. The topological polar surface area (TPSA) is 57.1 Å². The maximum atomic E-state index is 9.12. The number of nitrogens with one attached hydrogen (secondary N) is 2. The van der Waals surface area contributed by atoms with Gasteiger partial charge < -0.3 is 15.1 Å². The molecule has 26 heavy (non-hydrogen) atoms. The summed E-state index contributed by atoms with van der Waals surface area (Å²) in [5.74, 6) is 0. The van der Waals surface area contributed by atoms with Gasteiger partial charge in [0, 0.05) is 11.7 Å². The molecule has 1 aromatic rings. The standard InChI is InChI=1S/C20H32ClN3OSi/c1-13-16(9-8-15(12-22)18(13)21)24-14(2)19-17(10-11-23-19)25-26(6,7)20(3,4)5/h8-9,14,17,19,23-24H,10-11H2,1-7H3/t14-,17+,19-/m1/s1. The highest BCUT2D eigenvalue weighted by Gasteiger charge is 2.43. The molecule has 1 aromatic carbocycles.